The molecule has 0 bridgehead atoms. The van der Waals surface area contributed by atoms with Crippen molar-refractivity contribution in [2.75, 3.05) is 68.5 Å². The lowest BCUT2D eigenvalue weighted by molar-refractivity contribution is -0.182. The second kappa shape index (κ2) is 33.4. The maximum Gasteiger partial charge on any atom is 0.393 e. The van der Waals surface area contributed by atoms with Gasteiger partial charge in [-0.25, -0.2) is 0 Å². The summed E-state index contributed by atoms with van der Waals surface area (Å²) in [6.45, 7) is 13.2. The van der Waals surface area contributed by atoms with Crippen molar-refractivity contribution < 1.29 is 65.9 Å². The predicted octanol–water partition coefficient (Wildman–Crippen LogP) is 5.47. The number of amides is 11. The lowest BCUT2D eigenvalue weighted by Gasteiger charge is -2.39. The van der Waals surface area contributed by atoms with Crippen molar-refractivity contribution in [1.82, 2.24) is 55.6 Å². The summed E-state index contributed by atoms with van der Waals surface area (Å²) in [5.74, 6) is -9.27. The lowest BCUT2D eigenvalue weighted by Crippen LogP contribution is -2.64. The number of nitrogens with one attached hydrogen (secondary N) is 4. The molecule has 0 radical (unpaired) electrons. The van der Waals surface area contributed by atoms with E-state index in [2.05, 4.69) is 28.2 Å². The number of fused-ring (bicyclic) bond motifs is 1. The van der Waals surface area contributed by atoms with Gasteiger partial charge in [0.15, 0.2) is 0 Å². The quantitative estimate of drug-likeness (QED) is 0.199. The van der Waals surface area contributed by atoms with E-state index >= 15 is 9.59 Å². The number of carbonyl (C=O) groups is 11. The van der Waals surface area contributed by atoms with Gasteiger partial charge >= 0.3 is 6.18 Å². The SMILES string of the molecule is CC[C@H](C)[C@@H]1NC(=O)[C@H](CC(C)C)N(C)C(=O)C[C@@H](C)NC(=O)[C@H](C(C)C)N(C)C(=O)C2(CCCC2)NC(=O)[C@@H]2CCCN2C(=O)[C@H](CCC2CCC(C(F)(F)F)C(Cl)C2)NC(=O)CN(C)C(=O)[C@H](CC2CCCC(C)C2)N(C)C(=O)CN(C)C(=O)CN(C)C1=O. The molecule has 11 amide bonds. The fraction of sp³-hybridized carbons (Fsp3) is 0.831. The van der Waals surface area contributed by atoms with Crippen LogP contribution in [0.4, 0.5) is 13.2 Å². The topological polar surface area (TPSA) is 259 Å². The highest BCUT2D eigenvalue weighted by Crippen LogP contribution is 2.44. The van der Waals surface area contributed by atoms with Crippen LogP contribution in [-0.4, -0.2) is 227 Å². The van der Waals surface area contributed by atoms with Crippen LogP contribution in [0.1, 0.15) is 177 Å². The highest BCUT2D eigenvalue weighted by atomic mass is 35.5. The number of carbonyl (C=O) groups excluding carboxylic acids is 11. The molecule has 5 aliphatic rings. The minimum absolute atomic E-state index is 0.0134. The molecule has 3 saturated carbocycles. The molecule has 3 aliphatic carbocycles. The van der Waals surface area contributed by atoms with Gasteiger partial charge in [0.2, 0.25) is 65.0 Å². The second-order valence-electron chi connectivity index (χ2n) is 28.3. The summed E-state index contributed by atoms with van der Waals surface area (Å²) in [5.41, 5.74) is -1.48. The van der Waals surface area contributed by atoms with E-state index in [9.17, 15) is 56.3 Å². The monoisotopic (exact) mass is 1310 g/mol. The van der Waals surface area contributed by atoms with Crippen molar-refractivity contribution in [2.45, 2.75) is 237 Å². The molecule has 2 saturated heterocycles. The number of hydrogen-bond acceptors (Lipinski definition) is 11. The molecule has 2 heterocycles. The summed E-state index contributed by atoms with van der Waals surface area (Å²) in [5, 5.41) is 10.4. The largest absolute Gasteiger partial charge is 0.393 e. The van der Waals surface area contributed by atoms with E-state index in [1.807, 2.05) is 20.8 Å². The van der Waals surface area contributed by atoms with Gasteiger partial charge in [0.1, 0.15) is 41.8 Å². The van der Waals surface area contributed by atoms with E-state index in [0.29, 0.717) is 31.6 Å². The molecule has 1 spiro atoms. The second-order valence-corrected chi connectivity index (χ2v) is 28.8. The minimum Gasteiger partial charge on any atom is -0.351 e. The first kappa shape index (κ1) is 76.0. The van der Waals surface area contributed by atoms with Crippen LogP contribution in [0, 0.1) is 41.4 Å². The first-order chi connectivity index (χ1) is 42.5. The molecule has 516 valence electrons. The molecule has 5 rings (SSSR count). The summed E-state index contributed by atoms with van der Waals surface area (Å²) in [7, 11) is 8.63. The third-order valence-corrected chi connectivity index (χ3v) is 20.5. The highest BCUT2D eigenvalue weighted by molar-refractivity contribution is 6.20. The van der Waals surface area contributed by atoms with Gasteiger partial charge in [-0.2, -0.15) is 13.2 Å². The molecule has 5 fully saturated rings. The van der Waals surface area contributed by atoms with Crippen LogP contribution in [0.2, 0.25) is 0 Å². The van der Waals surface area contributed by atoms with Crippen LogP contribution >= 0.6 is 11.6 Å². The molecule has 0 aromatic carbocycles. The Morgan fingerprint density at radius 3 is 1.84 bits per heavy atom. The third kappa shape index (κ3) is 20.1. The molecule has 2 aliphatic heterocycles. The van der Waals surface area contributed by atoms with Gasteiger partial charge in [0.25, 0.3) is 0 Å². The first-order valence-corrected chi connectivity index (χ1v) is 33.7. The number of rotatable bonds is 10. The van der Waals surface area contributed by atoms with Gasteiger partial charge in [-0.3, -0.25) is 52.7 Å². The molecule has 26 heteroatoms. The van der Waals surface area contributed by atoms with E-state index in [-0.39, 0.29) is 94.9 Å². The zero-order valence-electron chi connectivity index (χ0n) is 56.6. The molecule has 13 atom stereocenters. The van der Waals surface area contributed by atoms with Gasteiger partial charge in [0, 0.05) is 66.7 Å². The first-order valence-electron chi connectivity index (χ1n) is 33.3. The average molecular weight is 1310 g/mol. The Hall–Kier alpha value is -5.75. The van der Waals surface area contributed by atoms with Crippen LogP contribution < -0.4 is 21.3 Å². The summed E-state index contributed by atoms with van der Waals surface area (Å²) in [6.07, 6.45) is 1.89. The molecular formula is C65H107ClF3N11O11. The van der Waals surface area contributed by atoms with Crippen LogP contribution in [0.25, 0.3) is 0 Å². The van der Waals surface area contributed by atoms with Crippen LogP contribution in [0.3, 0.4) is 0 Å². The molecule has 0 aromatic rings. The number of hydrogen-bond donors (Lipinski definition) is 4. The fourth-order valence-corrected chi connectivity index (χ4v) is 14.9. The van der Waals surface area contributed by atoms with Crippen molar-refractivity contribution in [3.05, 3.63) is 0 Å². The molecule has 5 unspecified atom stereocenters. The van der Waals surface area contributed by atoms with Gasteiger partial charge < -0.3 is 55.6 Å². The maximum absolute atomic E-state index is 15.1. The van der Waals surface area contributed by atoms with Crippen molar-refractivity contribution in [2.24, 2.45) is 41.4 Å². The molecule has 0 aromatic heterocycles. The predicted molar refractivity (Wildman–Crippen MR) is 338 cm³/mol. The summed E-state index contributed by atoms with van der Waals surface area (Å²) >= 11 is 6.36. The van der Waals surface area contributed by atoms with E-state index in [1.165, 1.54) is 66.8 Å². The Balaban J connectivity index is 1.53. The fourth-order valence-electron chi connectivity index (χ4n) is 14.4. The van der Waals surface area contributed by atoms with Gasteiger partial charge in [-0.15, -0.1) is 11.6 Å². The van der Waals surface area contributed by atoms with Crippen molar-refractivity contribution in [3.8, 4) is 0 Å². The Labute approximate surface area is 542 Å². The highest BCUT2D eigenvalue weighted by Gasteiger charge is 2.51. The van der Waals surface area contributed by atoms with Gasteiger partial charge in [-0.1, -0.05) is 87.0 Å². The van der Waals surface area contributed by atoms with Crippen LogP contribution in [0.5, 0.6) is 0 Å². The van der Waals surface area contributed by atoms with Crippen LogP contribution in [-0.2, 0) is 52.7 Å². The summed E-state index contributed by atoms with van der Waals surface area (Å²) in [6, 6.07) is -7.60. The number of nitrogens with zero attached hydrogens (tertiary/aromatic N) is 7. The van der Waals surface area contributed by atoms with Crippen molar-refractivity contribution in [1.29, 1.82) is 0 Å². The van der Waals surface area contributed by atoms with Crippen molar-refractivity contribution in [3.63, 3.8) is 0 Å². The van der Waals surface area contributed by atoms with E-state index in [0.717, 1.165) is 35.5 Å². The smallest absolute Gasteiger partial charge is 0.351 e. The zero-order valence-corrected chi connectivity index (χ0v) is 57.3. The molecular weight excluding hydrogens is 1200 g/mol. The van der Waals surface area contributed by atoms with E-state index < -0.39 is 162 Å². The molecule has 91 heavy (non-hydrogen) atoms. The number of likely N-dealkylation sites (N-methyl/N-ethyl adjacent to an activating group) is 6. The summed E-state index contributed by atoms with van der Waals surface area (Å²) < 4.78 is 41.7. The zero-order chi connectivity index (χ0) is 68.1. The van der Waals surface area contributed by atoms with Crippen LogP contribution in [0.15, 0.2) is 0 Å². The summed E-state index contributed by atoms with van der Waals surface area (Å²) in [4.78, 5) is 169. The number of alkyl halides is 4. The standard InChI is InChI=1S/C65H107ClF3N11O11/c1-15-41(7)55-62(90)76(11)36-53(83)74(9)37-54(84)78(13)50(34-44-21-18-20-40(6)31-44)61(89)75(10)35-51(81)71-47(26-24-43-23-25-45(46(66)33-43)65(67,68)69)60(88)80-29-19-22-48(80)58(86)73-64(27-16-17-28-64)63(91)79(14)56(39(4)5)59(87)70-42(8)32-52(82)77(12)49(30-38(2)3)57(85)72-55/h38-50,55-56H,15-37H2,1-14H3,(H,70,87)(H,71,81)(H,72,85)(H,73,86)/t40?,41-,42+,43?,44?,45?,46?,47-,48-,49-,50-,55-,56-/m0/s1. The minimum atomic E-state index is -4.49. The Morgan fingerprint density at radius 2 is 1.24 bits per heavy atom. The molecule has 22 nitrogen and oxygen atoms in total. The van der Waals surface area contributed by atoms with Gasteiger partial charge in [0.05, 0.1) is 25.6 Å². The normalized spacial score (nSPS) is 31.1. The lowest BCUT2D eigenvalue weighted by atomic mass is 9.78. The van der Waals surface area contributed by atoms with E-state index in [4.69, 9.17) is 11.6 Å². The van der Waals surface area contributed by atoms with Crippen molar-refractivity contribution >= 4 is 76.6 Å². The Kier molecular flexibility index (Phi) is 27.9. The number of halogens is 4. The average Bonchev–Trinajstić information content (AvgIpc) is 1.75. The molecule has 4 N–H and O–H groups in total. The Morgan fingerprint density at radius 1 is 0.615 bits per heavy atom. The third-order valence-electron chi connectivity index (χ3n) is 20.1. The Bertz CT molecular complexity index is 2590. The van der Waals surface area contributed by atoms with Gasteiger partial charge in [-0.05, 0) is 119 Å². The van der Waals surface area contributed by atoms with E-state index in [1.54, 1.807) is 27.7 Å². The maximum atomic E-state index is 15.1.